The fraction of sp³-hybridized carbons (Fsp3) is 0.714. The molecule has 2 heteroatoms. The lowest BCUT2D eigenvalue weighted by atomic mass is 9.74. The van der Waals surface area contributed by atoms with Crippen molar-refractivity contribution in [3.63, 3.8) is 0 Å². The van der Waals surface area contributed by atoms with Crippen LogP contribution in [0.25, 0.3) is 0 Å². The fourth-order valence-corrected chi connectivity index (χ4v) is 7.62. The average molecular weight is 607 g/mol. The predicted molar refractivity (Wildman–Crippen MR) is 194 cm³/mol. The SMILES string of the molecule is CCCCc1c(C)c(C(CCC)c2c(C)c(CCCC)c(CCCC)c(CCCC)c2O)c(O)c(CCCC)c1CCCC. The molecule has 0 saturated carbocycles. The Labute approximate surface area is 273 Å². The third kappa shape index (κ3) is 9.29. The summed E-state index contributed by atoms with van der Waals surface area (Å²) in [7, 11) is 0. The molecule has 0 aliphatic carbocycles. The molecule has 0 saturated heterocycles. The van der Waals surface area contributed by atoms with Crippen LogP contribution in [0, 0.1) is 13.8 Å². The van der Waals surface area contributed by atoms with Gasteiger partial charge in [-0.25, -0.2) is 0 Å². The topological polar surface area (TPSA) is 40.5 Å². The van der Waals surface area contributed by atoms with Gasteiger partial charge in [0.1, 0.15) is 11.5 Å². The van der Waals surface area contributed by atoms with Crippen LogP contribution in [-0.4, -0.2) is 10.2 Å². The molecular weight excluding hydrogens is 536 g/mol. The van der Waals surface area contributed by atoms with Crippen LogP contribution in [0.15, 0.2) is 0 Å². The van der Waals surface area contributed by atoms with Crippen molar-refractivity contribution in [3.8, 4) is 11.5 Å². The Morgan fingerprint density at radius 2 is 0.659 bits per heavy atom. The van der Waals surface area contributed by atoms with Gasteiger partial charge in [0.15, 0.2) is 0 Å². The quantitative estimate of drug-likeness (QED) is 0.140. The lowest BCUT2D eigenvalue weighted by molar-refractivity contribution is 0.438. The second-order valence-corrected chi connectivity index (χ2v) is 13.6. The molecule has 0 unspecified atom stereocenters. The zero-order valence-electron chi connectivity index (χ0n) is 30.6. The summed E-state index contributed by atoms with van der Waals surface area (Å²) in [5, 5.41) is 24.8. The largest absolute Gasteiger partial charge is 0.507 e. The molecule has 0 radical (unpaired) electrons. The van der Waals surface area contributed by atoms with Gasteiger partial charge in [0, 0.05) is 17.0 Å². The van der Waals surface area contributed by atoms with Crippen molar-refractivity contribution in [1.82, 2.24) is 0 Å². The Hall–Kier alpha value is -1.96. The maximum Gasteiger partial charge on any atom is 0.123 e. The summed E-state index contributed by atoms with van der Waals surface area (Å²) in [4.78, 5) is 0. The number of phenols is 2. The molecule has 2 rings (SSSR count). The molecule has 2 aromatic rings. The molecule has 2 N–H and O–H groups in total. The summed E-state index contributed by atoms with van der Waals surface area (Å²) in [6.45, 7) is 20.5. The van der Waals surface area contributed by atoms with E-state index in [9.17, 15) is 10.2 Å². The lowest BCUT2D eigenvalue weighted by Crippen LogP contribution is -2.16. The van der Waals surface area contributed by atoms with Crippen molar-refractivity contribution in [2.45, 2.75) is 197 Å². The van der Waals surface area contributed by atoms with Gasteiger partial charge in [0.05, 0.1) is 0 Å². The highest BCUT2D eigenvalue weighted by Crippen LogP contribution is 2.49. The number of hydrogen-bond acceptors (Lipinski definition) is 2. The van der Waals surface area contributed by atoms with E-state index in [1.807, 2.05) is 0 Å². The minimum atomic E-state index is 0.00181. The molecule has 0 spiro atoms. The monoisotopic (exact) mass is 607 g/mol. The maximum absolute atomic E-state index is 12.4. The predicted octanol–water partition coefficient (Wildman–Crippen LogP) is 12.7. The van der Waals surface area contributed by atoms with Crippen molar-refractivity contribution >= 4 is 0 Å². The molecule has 2 aromatic carbocycles. The Morgan fingerprint density at radius 3 is 0.932 bits per heavy atom. The van der Waals surface area contributed by atoms with Gasteiger partial charge in [-0.2, -0.15) is 0 Å². The number of hydrogen-bond donors (Lipinski definition) is 2. The number of benzene rings is 2. The third-order valence-electron chi connectivity index (χ3n) is 10.2. The minimum Gasteiger partial charge on any atom is -0.507 e. The summed E-state index contributed by atoms with van der Waals surface area (Å²) in [6.07, 6.45) is 21.9. The van der Waals surface area contributed by atoms with Gasteiger partial charge >= 0.3 is 0 Å². The molecule has 44 heavy (non-hydrogen) atoms. The summed E-state index contributed by atoms with van der Waals surface area (Å²) in [5.41, 5.74) is 13.1. The number of rotatable bonds is 22. The lowest BCUT2D eigenvalue weighted by Gasteiger charge is -2.31. The second kappa shape index (κ2) is 20.2. The minimum absolute atomic E-state index is 0.00181. The van der Waals surface area contributed by atoms with Crippen LogP contribution in [-0.2, 0) is 38.5 Å². The fourth-order valence-electron chi connectivity index (χ4n) is 7.62. The van der Waals surface area contributed by atoms with Crippen molar-refractivity contribution in [3.05, 3.63) is 55.6 Å². The zero-order chi connectivity index (χ0) is 32.6. The Kier molecular flexibility index (Phi) is 17.6. The van der Waals surface area contributed by atoms with Crippen LogP contribution in [0.1, 0.15) is 200 Å². The van der Waals surface area contributed by atoms with E-state index in [1.165, 1.54) is 83.0 Å². The number of phenolic OH excluding ortho intramolecular Hbond substituents is 2. The summed E-state index contributed by atoms with van der Waals surface area (Å²) >= 11 is 0. The van der Waals surface area contributed by atoms with E-state index >= 15 is 0 Å². The highest BCUT2D eigenvalue weighted by molar-refractivity contribution is 5.63. The van der Waals surface area contributed by atoms with Gasteiger partial charge in [-0.15, -0.1) is 0 Å². The Balaban J connectivity index is 3.06. The Bertz CT molecular complexity index is 984. The number of aromatic hydroxyl groups is 2. The van der Waals surface area contributed by atoms with E-state index in [0.29, 0.717) is 11.5 Å². The molecule has 2 nitrogen and oxygen atoms in total. The molecule has 0 aliphatic heterocycles. The van der Waals surface area contributed by atoms with Gasteiger partial charge in [0.2, 0.25) is 0 Å². The van der Waals surface area contributed by atoms with Gasteiger partial charge in [0.25, 0.3) is 0 Å². The van der Waals surface area contributed by atoms with E-state index in [4.69, 9.17) is 0 Å². The van der Waals surface area contributed by atoms with Gasteiger partial charge in [-0.1, -0.05) is 93.4 Å². The smallest absolute Gasteiger partial charge is 0.123 e. The summed E-state index contributed by atoms with van der Waals surface area (Å²) in [5.74, 6) is 1.08. The first kappa shape index (κ1) is 38.2. The third-order valence-corrected chi connectivity index (χ3v) is 10.2. The summed E-state index contributed by atoms with van der Waals surface area (Å²) in [6, 6.07) is 0. The van der Waals surface area contributed by atoms with Crippen LogP contribution in [0.3, 0.4) is 0 Å². The molecule has 0 aromatic heterocycles. The van der Waals surface area contributed by atoms with Gasteiger partial charge < -0.3 is 10.2 Å². The van der Waals surface area contributed by atoms with E-state index in [2.05, 4.69) is 62.3 Å². The molecule has 0 heterocycles. The van der Waals surface area contributed by atoms with Gasteiger partial charge in [-0.05, 0) is 142 Å². The molecule has 0 bridgehead atoms. The van der Waals surface area contributed by atoms with Crippen molar-refractivity contribution in [2.24, 2.45) is 0 Å². The van der Waals surface area contributed by atoms with Crippen LogP contribution in [0.2, 0.25) is 0 Å². The molecule has 0 atom stereocenters. The normalized spacial score (nSPS) is 11.7. The molecule has 250 valence electrons. The van der Waals surface area contributed by atoms with Crippen LogP contribution in [0.5, 0.6) is 11.5 Å². The number of unbranched alkanes of at least 4 members (excludes halogenated alkanes) is 6. The van der Waals surface area contributed by atoms with Crippen LogP contribution >= 0.6 is 0 Å². The molecule has 0 aliphatic rings. The standard InChI is InChI=1S/C42H70O2/c1-10-17-24-32-30(8)39(41(43)36(28-21-14-5)34(32)26-19-12-3)38(23-16-7)40-31(9)33(25-18-11-2)35(27-20-13-4)37(42(40)44)29-22-15-6/h38,43-44H,10-29H2,1-9H3. The second-order valence-electron chi connectivity index (χ2n) is 13.6. The Morgan fingerprint density at radius 1 is 0.386 bits per heavy atom. The first-order chi connectivity index (χ1) is 21.3. The maximum atomic E-state index is 12.4. The van der Waals surface area contributed by atoms with Crippen molar-refractivity contribution in [1.29, 1.82) is 0 Å². The van der Waals surface area contributed by atoms with E-state index in [0.717, 1.165) is 101 Å². The van der Waals surface area contributed by atoms with Crippen molar-refractivity contribution < 1.29 is 10.2 Å². The van der Waals surface area contributed by atoms with E-state index in [1.54, 1.807) is 0 Å². The average Bonchev–Trinajstić information content (AvgIpc) is 3.01. The van der Waals surface area contributed by atoms with Gasteiger partial charge in [-0.3, -0.25) is 0 Å². The highest BCUT2D eigenvalue weighted by atomic mass is 16.3. The first-order valence-corrected chi connectivity index (χ1v) is 19.0. The van der Waals surface area contributed by atoms with Crippen molar-refractivity contribution in [2.75, 3.05) is 0 Å². The first-order valence-electron chi connectivity index (χ1n) is 19.0. The van der Waals surface area contributed by atoms with Crippen LogP contribution in [0.4, 0.5) is 0 Å². The molecular formula is C42H70O2. The highest BCUT2D eigenvalue weighted by Gasteiger charge is 2.32. The molecule has 0 amide bonds. The van der Waals surface area contributed by atoms with E-state index < -0.39 is 0 Å². The molecule has 0 fully saturated rings. The van der Waals surface area contributed by atoms with Crippen LogP contribution < -0.4 is 0 Å². The zero-order valence-corrected chi connectivity index (χ0v) is 30.6. The van der Waals surface area contributed by atoms with E-state index in [-0.39, 0.29) is 5.92 Å². The summed E-state index contributed by atoms with van der Waals surface area (Å²) < 4.78 is 0.